The summed E-state index contributed by atoms with van der Waals surface area (Å²) in [5.74, 6) is -0.301. The van der Waals surface area contributed by atoms with E-state index in [0.717, 1.165) is 23.5 Å². The van der Waals surface area contributed by atoms with Crippen LogP contribution in [0.3, 0.4) is 0 Å². The third kappa shape index (κ3) is 4.12. The summed E-state index contributed by atoms with van der Waals surface area (Å²) in [7, 11) is 0. The Balaban J connectivity index is 1.73. The zero-order chi connectivity index (χ0) is 18.0. The van der Waals surface area contributed by atoms with E-state index in [9.17, 15) is 18.0 Å². The lowest BCUT2D eigenvalue weighted by Crippen LogP contribution is -2.13. The van der Waals surface area contributed by atoms with Gasteiger partial charge >= 0.3 is 6.18 Å². The van der Waals surface area contributed by atoms with E-state index in [0.29, 0.717) is 11.3 Å². The molecule has 0 atom stereocenters. The Kier molecular flexibility index (Phi) is 4.69. The van der Waals surface area contributed by atoms with Gasteiger partial charge in [-0.1, -0.05) is 23.7 Å². The number of nitrogens with one attached hydrogen (secondary N) is 1. The van der Waals surface area contributed by atoms with Crippen molar-refractivity contribution in [1.29, 1.82) is 0 Å². The first-order valence-corrected chi connectivity index (χ1v) is 8.02. The van der Waals surface area contributed by atoms with Gasteiger partial charge in [0.2, 0.25) is 0 Å². The number of benzene rings is 1. The van der Waals surface area contributed by atoms with Crippen molar-refractivity contribution < 1.29 is 18.0 Å². The predicted molar refractivity (Wildman–Crippen MR) is 87.5 cm³/mol. The molecule has 5 nitrogen and oxygen atoms in total. The lowest BCUT2D eigenvalue weighted by molar-refractivity contribution is -0.137. The fourth-order valence-electron chi connectivity index (χ4n) is 1.92. The SMILES string of the molecule is O=C(Nc1ccc(-c2ccc(C(F)(F)F)cc2)nn1)c1csc(Cl)n1. The molecule has 10 heteroatoms. The van der Waals surface area contributed by atoms with Gasteiger partial charge in [-0.2, -0.15) is 13.2 Å². The van der Waals surface area contributed by atoms with Crippen LogP contribution in [0, 0.1) is 0 Å². The number of thiazole rings is 1. The van der Waals surface area contributed by atoms with Crippen LogP contribution in [0.1, 0.15) is 16.1 Å². The van der Waals surface area contributed by atoms with Crippen LogP contribution in [0.5, 0.6) is 0 Å². The molecule has 0 radical (unpaired) electrons. The van der Waals surface area contributed by atoms with Crippen LogP contribution in [-0.4, -0.2) is 21.1 Å². The number of amides is 1. The molecule has 25 heavy (non-hydrogen) atoms. The Labute approximate surface area is 148 Å². The highest BCUT2D eigenvalue weighted by molar-refractivity contribution is 7.14. The van der Waals surface area contributed by atoms with E-state index in [1.54, 1.807) is 6.07 Å². The standard InChI is InChI=1S/C15H8ClF3N4OS/c16-14-20-11(7-25-14)13(24)21-12-6-5-10(22-23-12)8-1-3-9(4-2-8)15(17,18)19/h1-7H,(H,21,23,24). The van der Waals surface area contributed by atoms with Gasteiger partial charge in [0.1, 0.15) is 5.69 Å². The van der Waals surface area contributed by atoms with Crippen LogP contribution in [0.25, 0.3) is 11.3 Å². The minimum absolute atomic E-state index is 0.156. The van der Waals surface area contributed by atoms with Gasteiger partial charge in [-0.3, -0.25) is 4.79 Å². The average molecular weight is 385 g/mol. The number of halogens is 4. The molecule has 0 spiro atoms. The molecule has 2 heterocycles. The first-order chi connectivity index (χ1) is 11.8. The van der Waals surface area contributed by atoms with Crippen molar-refractivity contribution in [3.8, 4) is 11.3 Å². The number of anilines is 1. The number of carbonyl (C=O) groups excluding carboxylic acids is 1. The minimum Gasteiger partial charge on any atom is -0.304 e. The highest BCUT2D eigenvalue weighted by Gasteiger charge is 2.30. The van der Waals surface area contributed by atoms with E-state index in [2.05, 4.69) is 20.5 Å². The second kappa shape index (κ2) is 6.77. The summed E-state index contributed by atoms with van der Waals surface area (Å²) in [6.07, 6.45) is -4.39. The van der Waals surface area contributed by atoms with Crippen molar-refractivity contribution in [2.75, 3.05) is 5.32 Å². The Morgan fingerprint density at radius 3 is 2.32 bits per heavy atom. The molecule has 0 aliphatic heterocycles. The molecule has 1 N–H and O–H groups in total. The van der Waals surface area contributed by atoms with E-state index in [-0.39, 0.29) is 16.0 Å². The summed E-state index contributed by atoms with van der Waals surface area (Å²) >= 11 is 6.79. The smallest absolute Gasteiger partial charge is 0.304 e. The zero-order valence-electron chi connectivity index (χ0n) is 12.2. The number of carbonyl (C=O) groups is 1. The second-order valence-corrected chi connectivity index (χ2v) is 6.26. The van der Waals surface area contributed by atoms with Crippen LogP contribution in [0.2, 0.25) is 4.47 Å². The van der Waals surface area contributed by atoms with Crippen molar-refractivity contribution in [2.24, 2.45) is 0 Å². The molecule has 1 amide bonds. The molecule has 0 saturated heterocycles. The summed E-state index contributed by atoms with van der Waals surface area (Å²) in [4.78, 5) is 15.7. The van der Waals surface area contributed by atoms with Crippen LogP contribution in [0.4, 0.5) is 19.0 Å². The second-order valence-electron chi connectivity index (χ2n) is 4.82. The van der Waals surface area contributed by atoms with Gasteiger partial charge in [0.15, 0.2) is 10.3 Å². The highest BCUT2D eigenvalue weighted by atomic mass is 35.5. The number of aromatic nitrogens is 3. The lowest BCUT2D eigenvalue weighted by Gasteiger charge is -2.07. The summed E-state index contributed by atoms with van der Waals surface area (Å²) < 4.78 is 37.9. The molecule has 0 aliphatic carbocycles. The van der Waals surface area contributed by atoms with Gasteiger partial charge in [-0.15, -0.1) is 21.5 Å². The first-order valence-electron chi connectivity index (χ1n) is 6.77. The molecule has 3 rings (SSSR count). The number of rotatable bonds is 3. The third-order valence-corrected chi connectivity index (χ3v) is 4.10. The Morgan fingerprint density at radius 1 is 1.08 bits per heavy atom. The predicted octanol–water partition coefficient (Wildman–Crippen LogP) is 4.52. The van der Waals surface area contributed by atoms with Crippen LogP contribution >= 0.6 is 22.9 Å². The fraction of sp³-hybridized carbons (Fsp3) is 0.0667. The van der Waals surface area contributed by atoms with E-state index < -0.39 is 17.6 Å². The molecule has 2 aromatic heterocycles. The molecule has 128 valence electrons. The number of hydrogen-bond donors (Lipinski definition) is 1. The van der Waals surface area contributed by atoms with Gasteiger partial charge in [0, 0.05) is 10.9 Å². The molecule has 1 aromatic carbocycles. The van der Waals surface area contributed by atoms with Crippen molar-refractivity contribution in [3.05, 3.63) is 57.5 Å². The van der Waals surface area contributed by atoms with E-state index in [1.807, 2.05) is 0 Å². The summed E-state index contributed by atoms with van der Waals surface area (Å²) in [5, 5.41) is 11.7. The van der Waals surface area contributed by atoms with Gasteiger partial charge < -0.3 is 5.32 Å². The number of alkyl halides is 3. The van der Waals surface area contributed by atoms with Crippen molar-refractivity contribution in [3.63, 3.8) is 0 Å². The fourth-order valence-corrected chi connectivity index (χ4v) is 2.66. The molecule has 3 aromatic rings. The Bertz CT molecular complexity index is 894. The third-order valence-electron chi connectivity index (χ3n) is 3.12. The molecular weight excluding hydrogens is 377 g/mol. The van der Waals surface area contributed by atoms with E-state index >= 15 is 0 Å². The summed E-state index contributed by atoms with van der Waals surface area (Å²) in [5.41, 5.74) is 0.270. The van der Waals surface area contributed by atoms with Gasteiger partial charge in [-0.05, 0) is 24.3 Å². The topological polar surface area (TPSA) is 67.8 Å². The maximum Gasteiger partial charge on any atom is 0.416 e. The maximum absolute atomic E-state index is 12.6. The van der Waals surface area contributed by atoms with Crippen molar-refractivity contribution in [1.82, 2.24) is 15.2 Å². The normalized spacial score (nSPS) is 11.4. The van der Waals surface area contributed by atoms with Crippen LogP contribution in [-0.2, 0) is 6.18 Å². The molecule has 0 unspecified atom stereocenters. The van der Waals surface area contributed by atoms with Gasteiger partial charge in [0.05, 0.1) is 11.3 Å². The summed E-state index contributed by atoms with van der Waals surface area (Å²) in [6, 6.07) is 7.59. The summed E-state index contributed by atoms with van der Waals surface area (Å²) in [6.45, 7) is 0. The highest BCUT2D eigenvalue weighted by Crippen LogP contribution is 2.30. The number of nitrogens with zero attached hydrogens (tertiary/aromatic N) is 3. The monoisotopic (exact) mass is 384 g/mol. The largest absolute Gasteiger partial charge is 0.416 e. The van der Waals surface area contributed by atoms with Crippen molar-refractivity contribution >= 4 is 34.7 Å². The molecule has 0 saturated carbocycles. The Morgan fingerprint density at radius 2 is 1.80 bits per heavy atom. The van der Waals surface area contributed by atoms with Crippen molar-refractivity contribution in [2.45, 2.75) is 6.18 Å². The first kappa shape index (κ1) is 17.3. The molecule has 0 aliphatic rings. The Hall–Kier alpha value is -2.52. The van der Waals surface area contributed by atoms with Gasteiger partial charge in [0.25, 0.3) is 5.91 Å². The average Bonchev–Trinajstić information content (AvgIpc) is 3.02. The van der Waals surface area contributed by atoms with Gasteiger partial charge in [-0.25, -0.2) is 4.98 Å². The zero-order valence-corrected chi connectivity index (χ0v) is 13.8. The maximum atomic E-state index is 12.6. The minimum atomic E-state index is -4.39. The molecule has 0 bridgehead atoms. The molecular formula is C15H8ClF3N4OS. The number of hydrogen-bond acceptors (Lipinski definition) is 5. The quantitative estimate of drug-likeness (QED) is 0.720. The van der Waals surface area contributed by atoms with Crippen LogP contribution in [0.15, 0.2) is 41.8 Å². The van der Waals surface area contributed by atoms with E-state index in [4.69, 9.17) is 11.6 Å². The van der Waals surface area contributed by atoms with E-state index in [1.165, 1.54) is 23.6 Å². The lowest BCUT2D eigenvalue weighted by atomic mass is 10.1. The molecule has 0 fully saturated rings. The van der Waals surface area contributed by atoms with Crippen LogP contribution < -0.4 is 5.32 Å².